The smallest absolute Gasteiger partial charge is 0.302 e. The van der Waals surface area contributed by atoms with Crippen LogP contribution < -0.4 is 4.74 Å². The molecule has 0 fully saturated rings. The van der Waals surface area contributed by atoms with E-state index in [4.69, 9.17) is 9.47 Å². The molecule has 0 saturated heterocycles. The summed E-state index contributed by atoms with van der Waals surface area (Å²) in [4.78, 5) is 27.9. The second kappa shape index (κ2) is 7.82. The minimum atomic E-state index is -0.380. The minimum Gasteiger partial charge on any atom is -0.497 e. The molecule has 0 bridgehead atoms. The third-order valence-corrected chi connectivity index (χ3v) is 3.92. The Labute approximate surface area is 156 Å². The highest BCUT2D eigenvalue weighted by Gasteiger charge is 2.19. The molecular formula is C20H19N3O4. The number of carbonyl (C=O) groups excluding carboxylic acids is 2. The van der Waals surface area contributed by atoms with E-state index >= 15 is 0 Å². The SMILES string of the molecule is COc1cccc(-c2nc(-c3ccccc3COC(C)=O)n(C(C)=O)n2)c1. The van der Waals surface area contributed by atoms with Crippen molar-refractivity contribution in [1.29, 1.82) is 0 Å². The quantitative estimate of drug-likeness (QED) is 0.645. The first-order valence-electron chi connectivity index (χ1n) is 8.33. The highest BCUT2D eigenvalue weighted by Crippen LogP contribution is 2.27. The Morgan fingerprint density at radius 2 is 1.85 bits per heavy atom. The molecule has 0 N–H and O–H groups in total. The Morgan fingerprint density at radius 1 is 1.07 bits per heavy atom. The number of nitrogens with zero attached hydrogens (tertiary/aromatic N) is 3. The Bertz CT molecular complexity index is 994. The number of ether oxygens (including phenoxy) is 2. The maximum atomic E-state index is 12.1. The van der Waals surface area contributed by atoms with E-state index in [2.05, 4.69) is 10.1 Å². The average Bonchev–Trinajstić information content (AvgIpc) is 3.12. The first-order valence-corrected chi connectivity index (χ1v) is 8.33. The molecule has 7 nitrogen and oxygen atoms in total. The summed E-state index contributed by atoms with van der Waals surface area (Å²) in [6, 6.07) is 14.6. The van der Waals surface area contributed by atoms with E-state index in [0.29, 0.717) is 23.0 Å². The minimum absolute atomic E-state index is 0.0881. The monoisotopic (exact) mass is 365 g/mol. The summed E-state index contributed by atoms with van der Waals surface area (Å²) in [5.41, 5.74) is 2.14. The molecule has 0 aliphatic heterocycles. The van der Waals surface area contributed by atoms with Crippen molar-refractivity contribution < 1.29 is 19.1 Å². The molecule has 0 amide bonds. The molecule has 0 spiro atoms. The molecule has 3 rings (SSSR count). The molecule has 138 valence electrons. The maximum Gasteiger partial charge on any atom is 0.302 e. The van der Waals surface area contributed by atoms with Gasteiger partial charge in [0.1, 0.15) is 12.4 Å². The fourth-order valence-corrected chi connectivity index (χ4v) is 2.63. The predicted molar refractivity (Wildman–Crippen MR) is 99.2 cm³/mol. The van der Waals surface area contributed by atoms with E-state index in [1.54, 1.807) is 13.2 Å². The molecule has 0 atom stereocenters. The van der Waals surface area contributed by atoms with E-state index in [9.17, 15) is 9.59 Å². The van der Waals surface area contributed by atoms with Crippen LogP contribution in [0.4, 0.5) is 0 Å². The lowest BCUT2D eigenvalue weighted by Crippen LogP contribution is -2.11. The summed E-state index contributed by atoms with van der Waals surface area (Å²) in [5, 5.41) is 4.36. The Morgan fingerprint density at radius 3 is 2.56 bits per heavy atom. The molecule has 0 aliphatic carbocycles. The van der Waals surface area contributed by atoms with Gasteiger partial charge in [-0.1, -0.05) is 36.4 Å². The summed E-state index contributed by atoms with van der Waals surface area (Å²) in [6.45, 7) is 2.86. The zero-order chi connectivity index (χ0) is 19.4. The largest absolute Gasteiger partial charge is 0.497 e. The number of esters is 1. The van der Waals surface area contributed by atoms with Crippen molar-refractivity contribution in [3.8, 4) is 28.5 Å². The van der Waals surface area contributed by atoms with E-state index in [1.807, 2.05) is 42.5 Å². The standard InChI is InChI=1S/C20H19N3O4/c1-13(24)23-20(18-10-5-4-7-16(18)12-27-14(2)25)21-19(22-23)15-8-6-9-17(11-15)26-3/h4-11H,12H2,1-3H3. The van der Waals surface area contributed by atoms with Gasteiger partial charge in [0.25, 0.3) is 0 Å². The normalized spacial score (nSPS) is 10.5. The third kappa shape index (κ3) is 4.03. The van der Waals surface area contributed by atoms with Crippen molar-refractivity contribution in [1.82, 2.24) is 14.8 Å². The molecule has 0 unspecified atom stereocenters. The highest BCUT2D eigenvalue weighted by molar-refractivity contribution is 5.81. The summed E-state index contributed by atoms with van der Waals surface area (Å²) in [7, 11) is 1.58. The van der Waals surface area contributed by atoms with Crippen LogP contribution in [-0.4, -0.2) is 33.8 Å². The second-order valence-corrected chi connectivity index (χ2v) is 5.86. The van der Waals surface area contributed by atoms with E-state index in [1.165, 1.54) is 18.5 Å². The zero-order valence-corrected chi connectivity index (χ0v) is 15.3. The Balaban J connectivity index is 2.10. The average molecular weight is 365 g/mol. The molecule has 0 saturated carbocycles. The zero-order valence-electron chi connectivity index (χ0n) is 15.3. The number of hydrogen-bond donors (Lipinski definition) is 0. The van der Waals surface area contributed by atoms with Crippen LogP contribution in [0.15, 0.2) is 48.5 Å². The van der Waals surface area contributed by atoms with Crippen molar-refractivity contribution in [3.05, 3.63) is 54.1 Å². The molecule has 1 heterocycles. The van der Waals surface area contributed by atoms with Crippen LogP contribution in [-0.2, 0) is 16.1 Å². The molecule has 27 heavy (non-hydrogen) atoms. The summed E-state index contributed by atoms with van der Waals surface area (Å²) in [6.07, 6.45) is 0. The summed E-state index contributed by atoms with van der Waals surface area (Å²) < 4.78 is 11.6. The van der Waals surface area contributed by atoms with Crippen molar-refractivity contribution >= 4 is 11.9 Å². The van der Waals surface area contributed by atoms with Gasteiger partial charge in [0.2, 0.25) is 5.91 Å². The lowest BCUT2D eigenvalue weighted by atomic mass is 10.1. The van der Waals surface area contributed by atoms with Crippen LogP contribution in [0.1, 0.15) is 24.2 Å². The number of methoxy groups -OCH3 is 1. The van der Waals surface area contributed by atoms with Gasteiger partial charge in [-0.3, -0.25) is 9.59 Å². The van der Waals surface area contributed by atoms with Gasteiger partial charge in [-0.15, -0.1) is 5.10 Å². The topological polar surface area (TPSA) is 83.3 Å². The first-order chi connectivity index (χ1) is 13.0. The maximum absolute atomic E-state index is 12.1. The molecular weight excluding hydrogens is 346 g/mol. The molecule has 2 aromatic carbocycles. The molecule has 1 aromatic heterocycles. The number of aromatic nitrogens is 3. The Kier molecular flexibility index (Phi) is 5.30. The van der Waals surface area contributed by atoms with Crippen molar-refractivity contribution in [3.63, 3.8) is 0 Å². The van der Waals surface area contributed by atoms with Gasteiger partial charge in [0.15, 0.2) is 11.6 Å². The fraction of sp³-hybridized carbons (Fsp3) is 0.200. The van der Waals surface area contributed by atoms with Crippen LogP contribution >= 0.6 is 0 Å². The number of carbonyl (C=O) groups is 2. The van der Waals surface area contributed by atoms with E-state index < -0.39 is 0 Å². The lowest BCUT2D eigenvalue weighted by Gasteiger charge is -2.09. The van der Waals surface area contributed by atoms with Gasteiger partial charge < -0.3 is 9.47 Å². The van der Waals surface area contributed by atoms with Crippen molar-refractivity contribution in [2.75, 3.05) is 7.11 Å². The number of rotatable bonds is 5. The van der Waals surface area contributed by atoms with Gasteiger partial charge in [-0.25, -0.2) is 4.98 Å². The predicted octanol–water partition coefficient (Wildman–Crippen LogP) is 3.34. The molecule has 0 radical (unpaired) electrons. The van der Waals surface area contributed by atoms with Crippen LogP contribution in [0.2, 0.25) is 0 Å². The van der Waals surface area contributed by atoms with Gasteiger partial charge in [0, 0.05) is 30.5 Å². The van der Waals surface area contributed by atoms with Crippen molar-refractivity contribution in [2.45, 2.75) is 20.5 Å². The molecule has 0 aliphatic rings. The van der Waals surface area contributed by atoms with Crippen LogP contribution in [0.25, 0.3) is 22.8 Å². The summed E-state index contributed by atoms with van der Waals surface area (Å²) in [5.74, 6) is 0.816. The van der Waals surface area contributed by atoms with Gasteiger partial charge in [-0.2, -0.15) is 4.68 Å². The molecule has 3 aromatic rings. The van der Waals surface area contributed by atoms with Crippen LogP contribution in [0.5, 0.6) is 5.75 Å². The molecule has 7 heteroatoms. The first kappa shape index (κ1) is 18.3. The van der Waals surface area contributed by atoms with E-state index in [0.717, 1.165) is 11.1 Å². The fourth-order valence-electron chi connectivity index (χ4n) is 2.63. The third-order valence-electron chi connectivity index (χ3n) is 3.92. The van der Waals surface area contributed by atoms with Gasteiger partial charge >= 0.3 is 5.97 Å². The number of benzene rings is 2. The van der Waals surface area contributed by atoms with Crippen LogP contribution in [0, 0.1) is 0 Å². The second-order valence-electron chi connectivity index (χ2n) is 5.86. The number of hydrogen-bond acceptors (Lipinski definition) is 6. The summed E-state index contributed by atoms with van der Waals surface area (Å²) >= 11 is 0. The highest BCUT2D eigenvalue weighted by atomic mass is 16.5. The van der Waals surface area contributed by atoms with Crippen molar-refractivity contribution in [2.24, 2.45) is 0 Å². The van der Waals surface area contributed by atoms with Crippen LogP contribution in [0.3, 0.4) is 0 Å². The van der Waals surface area contributed by atoms with Gasteiger partial charge in [0.05, 0.1) is 7.11 Å². The van der Waals surface area contributed by atoms with Gasteiger partial charge in [-0.05, 0) is 12.1 Å². The Hall–Kier alpha value is -3.48. The lowest BCUT2D eigenvalue weighted by molar-refractivity contribution is -0.142. The van der Waals surface area contributed by atoms with E-state index in [-0.39, 0.29) is 18.5 Å².